The third-order valence-electron chi connectivity index (χ3n) is 1.60. The van der Waals surface area contributed by atoms with Crippen LogP contribution < -0.4 is 0 Å². The molecule has 0 heterocycles. The van der Waals surface area contributed by atoms with Crippen LogP contribution >= 0.6 is 11.8 Å². The molecule has 13 heavy (non-hydrogen) atoms. The molecular weight excluding hydrogens is 184 g/mol. The molecule has 0 radical (unpaired) electrons. The van der Waals surface area contributed by atoms with E-state index in [4.69, 9.17) is 4.74 Å². The molecule has 78 valence electrons. The average molecular weight is 204 g/mol. The molecule has 1 atom stereocenters. The van der Waals surface area contributed by atoms with Gasteiger partial charge < -0.3 is 4.74 Å². The molecule has 3 heteroatoms. The van der Waals surface area contributed by atoms with Gasteiger partial charge in [0.2, 0.25) is 0 Å². The number of unbranched alkanes of at least 4 members (excludes halogenated alkanes) is 1. The predicted octanol–water partition coefficient (Wildman–Crippen LogP) is 3.21. The lowest BCUT2D eigenvalue weighted by Crippen LogP contribution is -2.11. The highest BCUT2D eigenvalue weighted by molar-refractivity contribution is 7.99. The molecular formula is C10H20O2S. The number of thioether (sulfide) groups is 1. The van der Waals surface area contributed by atoms with Crippen molar-refractivity contribution in [2.75, 3.05) is 5.75 Å². The van der Waals surface area contributed by atoms with Crippen molar-refractivity contribution < 1.29 is 9.53 Å². The van der Waals surface area contributed by atoms with Crippen molar-refractivity contribution in [2.24, 2.45) is 0 Å². The van der Waals surface area contributed by atoms with Crippen molar-refractivity contribution in [3.63, 3.8) is 0 Å². The minimum absolute atomic E-state index is 0.0191. The second-order valence-corrected chi connectivity index (χ2v) is 4.44. The third kappa shape index (κ3) is 8.16. The Labute approximate surface area is 85.4 Å². The summed E-state index contributed by atoms with van der Waals surface area (Å²) in [7, 11) is 0. The SMILES string of the molecule is CCCCSC(C)OC(=O)CCC. The van der Waals surface area contributed by atoms with Gasteiger partial charge in [0.15, 0.2) is 0 Å². The van der Waals surface area contributed by atoms with Gasteiger partial charge in [-0.1, -0.05) is 20.3 Å². The van der Waals surface area contributed by atoms with Gasteiger partial charge in [-0.25, -0.2) is 0 Å². The van der Waals surface area contributed by atoms with Crippen LogP contribution in [-0.2, 0) is 9.53 Å². The smallest absolute Gasteiger partial charge is 0.306 e. The monoisotopic (exact) mass is 204 g/mol. The molecule has 0 aromatic carbocycles. The molecule has 0 rings (SSSR count). The van der Waals surface area contributed by atoms with Crippen molar-refractivity contribution in [1.29, 1.82) is 0 Å². The fourth-order valence-corrected chi connectivity index (χ4v) is 1.84. The molecule has 1 unspecified atom stereocenters. The first-order chi connectivity index (χ1) is 6.20. The first-order valence-electron chi connectivity index (χ1n) is 5.01. The topological polar surface area (TPSA) is 26.3 Å². The molecule has 0 aliphatic rings. The predicted molar refractivity (Wildman–Crippen MR) is 57.8 cm³/mol. The highest BCUT2D eigenvalue weighted by atomic mass is 32.2. The van der Waals surface area contributed by atoms with E-state index in [2.05, 4.69) is 6.92 Å². The van der Waals surface area contributed by atoms with Crippen molar-refractivity contribution in [2.45, 2.75) is 51.9 Å². The highest BCUT2D eigenvalue weighted by Gasteiger charge is 2.07. The Hall–Kier alpha value is -0.180. The third-order valence-corrected chi connectivity index (χ3v) is 2.69. The molecule has 2 nitrogen and oxygen atoms in total. The Balaban J connectivity index is 3.38. The second kappa shape index (κ2) is 8.42. The maximum absolute atomic E-state index is 11.1. The van der Waals surface area contributed by atoms with Crippen molar-refractivity contribution in [3.05, 3.63) is 0 Å². The molecule has 0 amide bonds. The molecule has 0 saturated heterocycles. The summed E-state index contributed by atoms with van der Waals surface area (Å²) < 4.78 is 5.16. The quantitative estimate of drug-likeness (QED) is 0.362. The van der Waals surface area contributed by atoms with Gasteiger partial charge in [-0.05, 0) is 25.5 Å². The van der Waals surface area contributed by atoms with Gasteiger partial charge in [0.05, 0.1) is 0 Å². The Morgan fingerprint density at radius 2 is 2.08 bits per heavy atom. The molecule has 0 bridgehead atoms. The number of carbonyl (C=O) groups excluding carboxylic acids is 1. The van der Waals surface area contributed by atoms with Gasteiger partial charge in [0.1, 0.15) is 5.44 Å². The van der Waals surface area contributed by atoms with Crippen LogP contribution in [0.5, 0.6) is 0 Å². The van der Waals surface area contributed by atoms with E-state index in [1.807, 2.05) is 13.8 Å². The number of hydrogen-bond acceptors (Lipinski definition) is 3. The number of hydrogen-bond donors (Lipinski definition) is 0. The first kappa shape index (κ1) is 12.8. The summed E-state index contributed by atoms with van der Waals surface area (Å²) in [5, 5.41) is 0. The Morgan fingerprint density at radius 3 is 2.62 bits per heavy atom. The van der Waals surface area contributed by atoms with Crippen LogP contribution in [0.2, 0.25) is 0 Å². The number of esters is 1. The molecule has 0 N–H and O–H groups in total. The lowest BCUT2D eigenvalue weighted by molar-refractivity contribution is -0.144. The van der Waals surface area contributed by atoms with Crippen LogP contribution in [0.15, 0.2) is 0 Å². The summed E-state index contributed by atoms with van der Waals surface area (Å²) in [5.41, 5.74) is 0.0191. The zero-order chi connectivity index (χ0) is 10.1. The Kier molecular flexibility index (Phi) is 8.30. The first-order valence-corrected chi connectivity index (χ1v) is 6.06. The van der Waals surface area contributed by atoms with E-state index in [0.29, 0.717) is 6.42 Å². The average Bonchev–Trinajstić information content (AvgIpc) is 2.05. The molecule has 0 saturated carbocycles. The van der Waals surface area contributed by atoms with E-state index in [9.17, 15) is 4.79 Å². The highest BCUT2D eigenvalue weighted by Crippen LogP contribution is 2.14. The van der Waals surface area contributed by atoms with Crippen LogP contribution in [0.25, 0.3) is 0 Å². The zero-order valence-corrected chi connectivity index (χ0v) is 9.65. The summed E-state index contributed by atoms with van der Waals surface area (Å²) in [6, 6.07) is 0. The normalized spacial score (nSPS) is 12.5. The van der Waals surface area contributed by atoms with E-state index < -0.39 is 0 Å². The van der Waals surface area contributed by atoms with Crippen LogP contribution in [0.1, 0.15) is 46.5 Å². The minimum atomic E-state index is -0.0704. The standard InChI is InChI=1S/C10H20O2S/c1-4-6-8-13-9(3)12-10(11)7-5-2/h9H,4-8H2,1-3H3. The van der Waals surface area contributed by atoms with E-state index in [1.165, 1.54) is 12.8 Å². The maximum atomic E-state index is 11.1. The van der Waals surface area contributed by atoms with Gasteiger partial charge in [-0.15, -0.1) is 11.8 Å². The Morgan fingerprint density at radius 1 is 1.38 bits per heavy atom. The van der Waals surface area contributed by atoms with Crippen molar-refractivity contribution >= 4 is 17.7 Å². The van der Waals surface area contributed by atoms with Crippen LogP contribution in [0.4, 0.5) is 0 Å². The summed E-state index contributed by atoms with van der Waals surface area (Å²) in [6.45, 7) is 6.08. The maximum Gasteiger partial charge on any atom is 0.306 e. The second-order valence-electron chi connectivity index (χ2n) is 3.03. The lowest BCUT2D eigenvalue weighted by atomic mass is 10.3. The number of rotatable bonds is 7. The van der Waals surface area contributed by atoms with Gasteiger partial charge >= 0.3 is 5.97 Å². The van der Waals surface area contributed by atoms with E-state index in [0.717, 1.165) is 12.2 Å². The summed E-state index contributed by atoms with van der Waals surface area (Å²) in [4.78, 5) is 11.1. The Bertz CT molecular complexity index is 137. The van der Waals surface area contributed by atoms with Crippen LogP contribution in [-0.4, -0.2) is 17.2 Å². The van der Waals surface area contributed by atoms with Crippen LogP contribution in [0.3, 0.4) is 0 Å². The van der Waals surface area contributed by atoms with Gasteiger partial charge in [0, 0.05) is 6.42 Å². The molecule has 0 spiro atoms. The van der Waals surface area contributed by atoms with E-state index in [-0.39, 0.29) is 11.4 Å². The van der Waals surface area contributed by atoms with Crippen molar-refractivity contribution in [1.82, 2.24) is 0 Å². The fraction of sp³-hybridized carbons (Fsp3) is 0.900. The zero-order valence-electron chi connectivity index (χ0n) is 8.84. The van der Waals surface area contributed by atoms with Gasteiger partial charge in [-0.3, -0.25) is 4.79 Å². The molecule has 0 fully saturated rings. The minimum Gasteiger partial charge on any atom is -0.452 e. The fourth-order valence-electron chi connectivity index (χ4n) is 0.876. The van der Waals surface area contributed by atoms with Crippen molar-refractivity contribution in [3.8, 4) is 0 Å². The molecule has 0 aromatic heterocycles. The summed E-state index contributed by atoms with van der Waals surface area (Å²) >= 11 is 1.71. The van der Waals surface area contributed by atoms with Gasteiger partial charge in [-0.2, -0.15) is 0 Å². The summed E-state index contributed by atoms with van der Waals surface area (Å²) in [5.74, 6) is 1.01. The van der Waals surface area contributed by atoms with Gasteiger partial charge in [0.25, 0.3) is 0 Å². The lowest BCUT2D eigenvalue weighted by Gasteiger charge is -2.11. The molecule has 0 aliphatic heterocycles. The number of carbonyl (C=O) groups is 1. The van der Waals surface area contributed by atoms with E-state index >= 15 is 0 Å². The number of ether oxygens (including phenoxy) is 1. The largest absolute Gasteiger partial charge is 0.452 e. The molecule has 0 aliphatic carbocycles. The summed E-state index contributed by atoms with van der Waals surface area (Å²) in [6.07, 6.45) is 3.80. The van der Waals surface area contributed by atoms with E-state index in [1.54, 1.807) is 11.8 Å². The molecule has 0 aromatic rings. The van der Waals surface area contributed by atoms with Crippen LogP contribution in [0, 0.1) is 0 Å².